The molecule has 0 radical (unpaired) electrons. The highest BCUT2D eigenvalue weighted by Crippen LogP contribution is 2.70. The largest absolute Gasteiger partial charge is 0.394 e. The van der Waals surface area contributed by atoms with Gasteiger partial charge in [0.2, 0.25) is 0 Å². The van der Waals surface area contributed by atoms with Crippen LogP contribution in [0.25, 0.3) is 0 Å². The fourth-order valence-corrected chi connectivity index (χ4v) is 14.7. The van der Waals surface area contributed by atoms with Crippen LogP contribution in [0.1, 0.15) is 92.4 Å². The molecule has 5 aliphatic heterocycles. The van der Waals surface area contributed by atoms with E-state index in [4.69, 9.17) is 42.6 Å². The van der Waals surface area contributed by atoms with Gasteiger partial charge in [0, 0.05) is 12.3 Å². The van der Waals surface area contributed by atoms with E-state index in [1.54, 1.807) is 0 Å². The average molecular weight is 1040 g/mol. The highest BCUT2D eigenvalue weighted by Gasteiger charge is 2.68. The molecule has 9 rings (SSSR count). The van der Waals surface area contributed by atoms with Crippen LogP contribution in [-0.4, -0.2) is 228 Å². The lowest BCUT2D eigenvalue weighted by Gasteiger charge is -2.58. The number of hydrogen-bond acceptors (Lipinski definition) is 22. The first-order chi connectivity index (χ1) is 34.0. The van der Waals surface area contributed by atoms with Gasteiger partial charge in [-0.25, -0.2) is 0 Å². The summed E-state index contributed by atoms with van der Waals surface area (Å²) < 4.78 is 54.6. The van der Waals surface area contributed by atoms with Crippen LogP contribution in [0.4, 0.5) is 0 Å². The van der Waals surface area contributed by atoms with Crippen LogP contribution in [-0.2, 0) is 42.6 Å². The fourth-order valence-electron chi connectivity index (χ4n) is 14.7. The van der Waals surface area contributed by atoms with Crippen molar-refractivity contribution in [2.24, 2.45) is 46.3 Å². The maximum atomic E-state index is 12.1. The maximum Gasteiger partial charge on any atom is 0.187 e. The Morgan fingerprint density at radius 2 is 1.35 bits per heavy atom. The van der Waals surface area contributed by atoms with E-state index in [9.17, 15) is 66.4 Å². The molecule has 22 heteroatoms. The first-order valence-electron chi connectivity index (χ1n) is 26.3. The topological polar surface area (TPSA) is 346 Å². The van der Waals surface area contributed by atoms with Gasteiger partial charge in [-0.3, -0.25) is 0 Å². The number of rotatable bonds is 14. The van der Waals surface area contributed by atoms with E-state index in [-0.39, 0.29) is 41.3 Å². The molecule has 0 aromatic rings. The Kier molecular flexibility index (Phi) is 16.7. The second kappa shape index (κ2) is 21.6. The van der Waals surface area contributed by atoms with Crippen molar-refractivity contribution in [1.82, 2.24) is 0 Å². The van der Waals surface area contributed by atoms with Crippen LogP contribution in [0.2, 0.25) is 0 Å². The number of aliphatic hydroxyl groups is 13. The van der Waals surface area contributed by atoms with Crippen LogP contribution in [0.15, 0.2) is 11.6 Å². The molecule has 5 saturated heterocycles. The third kappa shape index (κ3) is 9.91. The Morgan fingerprint density at radius 1 is 0.694 bits per heavy atom. The normalized spacial score (nSPS) is 55.1. The van der Waals surface area contributed by atoms with Gasteiger partial charge in [-0.05, 0) is 98.7 Å². The summed E-state index contributed by atoms with van der Waals surface area (Å²) in [4.78, 5) is 0. The monoisotopic (exact) mass is 1030 g/mol. The van der Waals surface area contributed by atoms with Crippen molar-refractivity contribution in [2.75, 3.05) is 26.4 Å². The van der Waals surface area contributed by atoms with Crippen molar-refractivity contribution < 1.29 is 109 Å². The number of allylic oxidation sites excluding steroid dienone is 1. The van der Waals surface area contributed by atoms with Gasteiger partial charge in [0.05, 0.1) is 44.7 Å². The summed E-state index contributed by atoms with van der Waals surface area (Å²) in [6, 6.07) is 0. The second-order valence-corrected chi connectivity index (χ2v) is 23.4. The molecule has 0 bridgehead atoms. The third-order valence-electron chi connectivity index (χ3n) is 19.1. The van der Waals surface area contributed by atoms with E-state index in [0.717, 1.165) is 32.1 Å². The Bertz CT molecular complexity index is 1860. The van der Waals surface area contributed by atoms with E-state index in [0.29, 0.717) is 43.4 Å². The number of hydrogen-bond donors (Lipinski definition) is 13. The van der Waals surface area contributed by atoms with Gasteiger partial charge < -0.3 is 109 Å². The summed E-state index contributed by atoms with van der Waals surface area (Å²) >= 11 is 0. The van der Waals surface area contributed by atoms with E-state index in [1.807, 2.05) is 6.92 Å². The molecule has 0 amide bonds. The molecule has 0 spiro atoms. The lowest BCUT2D eigenvalue weighted by molar-refractivity contribution is -0.390. The number of ether oxygens (including phenoxy) is 9. The van der Waals surface area contributed by atoms with E-state index < -0.39 is 148 Å². The smallest absolute Gasteiger partial charge is 0.187 e. The summed E-state index contributed by atoms with van der Waals surface area (Å²) in [5.41, 5.74) is 1.05. The molecule has 9 aliphatic rings. The molecule has 4 aliphatic carbocycles. The average Bonchev–Trinajstić information content (AvgIpc) is 3.80. The molecule has 13 N–H and O–H groups in total. The first-order valence-corrected chi connectivity index (χ1v) is 26.3. The third-order valence-corrected chi connectivity index (χ3v) is 19.1. The lowest BCUT2D eigenvalue weighted by Crippen LogP contribution is -2.66. The maximum absolute atomic E-state index is 12.1. The summed E-state index contributed by atoms with van der Waals surface area (Å²) in [6.45, 7) is 8.79. The van der Waals surface area contributed by atoms with Gasteiger partial charge in [-0.15, -0.1) is 0 Å². The minimum Gasteiger partial charge on any atom is -0.394 e. The van der Waals surface area contributed by atoms with Gasteiger partial charge >= 0.3 is 0 Å². The van der Waals surface area contributed by atoms with E-state index in [1.165, 1.54) is 12.5 Å². The van der Waals surface area contributed by atoms with E-state index >= 15 is 0 Å². The van der Waals surface area contributed by atoms with Crippen molar-refractivity contribution in [3.63, 3.8) is 0 Å². The molecule has 3 saturated carbocycles. The molecule has 414 valence electrons. The molecular formula is C50H82O22. The van der Waals surface area contributed by atoms with E-state index in [2.05, 4.69) is 26.8 Å². The minimum atomic E-state index is -1.76. The summed E-state index contributed by atoms with van der Waals surface area (Å²) in [5, 5.41) is 138. The van der Waals surface area contributed by atoms with Crippen LogP contribution in [0.3, 0.4) is 0 Å². The predicted molar refractivity (Wildman–Crippen MR) is 244 cm³/mol. The fraction of sp³-hybridized carbons (Fsp3) is 0.960. The standard InChI is InChI=1S/C50H82O22/c1-20(18-64-44-40(61)38(59)35(56)30(16-51)68-44)8-13-50(63)21(2)32-29(72-50)15-27-25-7-6-23-14-24(9-11-48(23,4)26(25)10-12-49(27,32)5)67-47-43(71-46-41(62)37(58)33(54)22(3)66-46)42(36(57)31(17-52)69-47)70-45-39(60)34(55)28(53)19-65-45/h6,20-22,24-47,51-63H,7-19H2,1-5H3/t20-,21+,22+,24+,25-,26+,27+,28-,29+,30-,31-,32+,33+,34+,35-,36-,37-,38+,39-,40-,41-,42+,43-,44-,45+,46+,47-,48+,49+,50-/m1/s1. The molecule has 22 nitrogen and oxygen atoms in total. The van der Waals surface area contributed by atoms with Gasteiger partial charge in [0.25, 0.3) is 0 Å². The number of fused-ring (bicyclic) bond motifs is 7. The Labute approximate surface area is 419 Å². The molecule has 72 heavy (non-hydrogen) atoms. The van der Waals surface area contributed by atoms with Crippen molar-refractivity contribution >= 4 is 0 Å². The Morgan fingerprint density at radius 3 is 2.07 bits per heavy atom. The molecule has 0 aromatic carbocycles. The number of aliphatic hydroxyl groups excluding tert-OH is 12. The van der Waals surface area contributed by atoms with Gasteiger partial charge in [-0.2, -0.15) is 0 Å². The van der Waals surface area contributed by atoms with Gasteiger partial charge in [0.15, 0.2) is 30.9 Å². The van der Waals surface area contributed by atoms with Crippen LogP contribution in [0.5, 0.6) is 0 Å². The van der Waals surface area contributed by atoms with Crippen molar-refractivity contribution in [1.29, 1.82) is 0 Å². The molecule has 30 atom stereocenters. The first kappa shape index (κ1) is 55.6. The van der Waals surface area contributed by atoms with Gasteiger partial charge in [-0.1, -0.05) is 39.3 Å². The SMILES string of the molecule is C[C@H](CC[C@@]1(O)O[C@H]2C[C@H]3[C@@H]4CC=C5C[C@@H](O[C@@H]6O[C@H](CO)[C@@H](O)[C@H](O[C@@H]7OC[C@@H](O)[C@H](O)[C@H]7O)[C@H]6O[C@@H]6O[C@@H](C)[C@H](O)[C@@H](O)[C@H]6O)CC[C@]5(C)[C@H]4CC[C@]3(C)[C@H]2[C@@H]1C)CO[C@@H]1O[C@H](CO)[C@@H](O)[C@H](O)[C@H]1O. The molecule has 8 fully saturated rings. The highest BCUT2D eigenvalue weighted by atomic mass is 16.8. The van der Waals surface area contributed by atoms with Crippen LogP contribution >= 0.6 is 0 Å². The molecule has 5 heterocycles. The van der Waals surface area contributed by atoms with Crippen molar-refractivity contribution in [3.05, 3.63) is 11.6 Å². The molecule has 0 aromatic heterocycles. The summed E-state index contributed by atoms with van der Waals surface area (Å²) in [6.07, 6.45) is -19.6. The van der Waals surface area contributed by atoms with Crippen LogP contribution < -0.4 is 0 Å². The highest BCUT2D eigenvalue weighted by molar-refractivity contribution is 5.26. The predicted octanol–water partition coefficient (Wildman–Crippen LogP) is -2.37. The van der Waals surface area contributed by atoms with Crippen molar-refractivity contribution in [3.8, 4) is 0 Å². The zero-order chi connectivity index (χ0) is 51.9. The lowest BCUT2D eigenvalue weighted by atomic mass is 9.47. The molecule has 0 unspecified atom stereocenters. The zero-order valence-electron chi connectivity index (χ0n) is 41.8. The second-order valence-electron chi connectivity index (χ2n) is 23.4. The Hall–Kier alpha value is -1.14. The zero-order valence-corrected chi connectivity index (χ0v) is 41.8. The van der Waals surface area contributed by atoms with Gasteiger partial charge in [0.1, 0.15) is 85.5 Å². The van der Waals surface area contributed by atoms with Crippen molar-refractivity contribution in [2.45, 2.75) is 227 Å². The minimum absolute atomic E-state index is 0.0620. The Balaban J connectivity index is 0.856. The summed E-state index contributed by atoms with van der Waals surface area (Å²) in [7, 11) is 0. The summed E-state index contributed by atoms with van der Waals surface area (Å²) in [5.74, 6) is -0.253. The van der Waals surface area contributed by atoms with Crippen LogP contribution in [0, 0.1) is 46.3 Å². The quantitative estimate of drug-likeness (QED) is 0.0809. The molecular weight excluding hydrogens is 953 g/mol.